The summed E-state index contributed by atoms with van der Waals surface area (Å²) in [5.41, 5.74) is 0. The van der Waals surface area contributed by atoms with Crippen LogP contribution < -0.4 is 0 Å². The Morgan fingerprint density at radius 1 is 1.65 bits per heavy atom. The molecular formula is C9H12ClN3O3S. The third-order valence-electron chi connectivity index (χ3n) is 2.40. The summed E-state index contributed by atoms with van der Waals surface area (Å²) in [5.74, 6) is -0.219. The van der Waals surface area contributed by atoms with Crippen molar-refractivity contribution in [2.24, 2.45) is 0 Å². The SMILES string of the molecule is CC1CN(C(=O)c2nnc(Cl)s2)CC(CO)O1. The molecule has 6 nitrogen and oxygen atoms in total. The molecule has 94 valence electrons. The third-order valence-corrected chi connectivity index (χ3v) is 3.41. The molecule has 17 heavy (non-hydrogen) atoms. The van der Waals surface area contributed by atoms with Crippen LogP contribution in [0.25, 0.3) is 0 Å². The molecule has 2 unspecified atom stereocenters. The number of halogens is 1. The topological polar surface area (TPSA) is 75.6 Å². The second-order valence-corrected chi connectivity index (χ2v) is 5.38. The molecule has 1 aliphatic heterocycles. The molecule has 0 aromatic carbocycles. The second kappa shape index (κ2) is 5.26. The van der Waals surface area contributed by atoms with E-state index in [1.54, 1.807) is 4.90 Å². The Hall–Kier alpha value is -0.760. The number of aliphatic hydroxyl groups excluding tert-OH is 1. The van der Waals surface area contributed by atoms with Crippen LogP contribution in [0.4, 0.5) is 0 Å². The minimum Gasteiger partial charge on any atom is -0.394 e. The van der Waals surface area contributed by atoms with Crippen molar-refractivity contribution >= 4 is 28.8 Å². The lowest BCUT2D eigenvalue weighted by molar-refractivity contribution is -0.0858. The van der Waals surface area contributed by atoms with Crippen molar-refractivity contribution in [3.05, 3.63) is 9.47 Å². The number of morpholine rings is 1. The maximum atomic E-state index is 12.1. The van der Waals surface area contributed by atoms with Crippen LogP contribution in [0, 0.1) is 0 Å². The fraction of sp³-hybridized carbons (Fsp3) is 0.667. The predicted molar refractivity (Wildman–Crippen MR) is 62.2 cm³/mol. The van der Waals surface area contributed by atoms with Gasteiger partial charge >= 0.3 is 0 Å². The Morgan fingerprint density at radius 3 is 3.00 bits per heavy atom. The van der Waals surface area contributed by atoms with Crippen LogP contribution in [0.1, 0.15) is 16.7 Å². The number of nitrogens with zero attached hydrogens (tertiary/aromatic N) is 3. The van der Waals surface area contributed by atoms with Crippen LogP contribution in [0.15, 0.2) is 0 Å². The molecule has 1 N–H and O–H groups in total. The number of hydrogen-bond donors (Lipinski definition) is 1. The number of hydrogen-bond acceptors (Lipinski definition) is 6. The first kappa shape index (κ1) is 12.7. The normalized spacial score (nSPS) is 25.0. The van der Waals surface area contributed by atoms with Gasteiger partial charge in [-0.1, -0.05) is 11.3 Å². The molecule has 0 saturated carbocycles. The molecule has 2 rings (SSSR count). The van der Waals surface area contributed by atoms with Gasteiger partial charge in [-0.3, -0.25) is 4.79 Å². The zero-order valence-corrected chi connectivity index (χ0v) is 10.7. The molecule has 1 aliphatic rings. The van der Waals surface area contributed by atoms with Crippen molar-refractivity contribution in [3.8, 4) is 0 Å². The quantitative estimate of drug-likeness (QED) is 0.848. The van der Waals surface area contributed by atoms with Gasteiger partial charge in [0.1, 0.15) is 0 Å². The fourth-order valence-electron chi connectivity index (χ4n) is 1.74. The van der Waals surface area contributed by atoms with E-state index in [1.165, 1.54) is 0 Å². The van der Waals surface area contributed by atoms with E-state index in [9.17, 15) is 4.79 Å². The number of aliphatic hydroxyl groups is 1. The molecule has 1 amide bonds. The van der Waals surface area contributed by atoms with E-state index in [2.05, 4.69) is 10.2 Å². The first-order valence-electron chi connectivity index (χ1n) is 5.14. The Kier molecular flexibility index (Phi) is 3.93. The molecule has 2 atom stereocenters. The minimum absolute atomic E-state index is 0.103. The van der Waals surface area contributed by atoms with E-state index >= 15 is 0 Å². The van der Waals surface area contributed by atoms with Gasteiger partial charge in [-0.2, -0.15) is 0 Å². The molecule has 2 heterocycles. The lowest BCUT2D eigenvalue weighted by Gasteiger charge is -2.35. The summed E-state index contributed by atoms with van der Waals surface area (Å²) in [6.45, 7) is 2.59. The van der Waals surface area contributed by atoms with Gasteiger partial charge in [0.15, 0.2) is 0 Å². The molecule has 1 aromatic heterocycles. The van der Waals surface area contributed by atoms with Crippen LogP contribution in [-0.4, -0.2) is 58.0 Å². The van der Waals surface area contributed by atoms with Crippen molar-refractivity contribution in [2.75, 3.05) is 19.7 Å². The Labute approximate surface area is 107 Å². The van der Waals surface area contributed by atoms with Crippen molar-refractivity contribution in [1.82, 2.24) is 15.1 Å². The van der Waals surface area contributed by atoms with Gasteiger partial charge < -0.3 is 14.7 Å². The summed E-state index contributed by atoms with van der Waals surface area (Å²) in [6, 6.07) is 0. The van der Waals surface area contributed by atoms with E-state index in [1.807, 2.05) is 6.92 Å². The number of amides is 1. The monoisotopic (exact) mass is 277 g/mol. The van der Waals surface area contributed by atoms with E-state index in [-0.39, 0.29) is 34.2 Å². The van der Waals surface area contributed by atoms with Crippen molar-refractivity contribution in [2.45, 2.75) is 19.1 Å². The minimum atomic E-state index is -0.342. The van der Waals surface area contributed by atoms with Crippen LogP contribution in [0.5, 0.6) is 0 Å². The van der Waals surface area contributed by atoms with Gasteiger partial charge in [0, 0.05) is 13.1 Å². The maximum absolute atomic E-state index is 12.1. The molecule has 1 aromatic rings. The van der Waals surface area contributed by atoms with Gasteiger partial charge in [0.2, 0.25) is 9.47 Å². The average molecular weight is 278 g/mol. The number of carbonyl (C=O) groups is 1. The molecule has 1 saturated heterocycles. The van der Waals surface area contributed by atoms with Crippen molar-refractivity contribution < 1.29 is 14.6 Å². The van der Waals surface area contributed by atoms with E-state index in [0.717, 1.165) is 11.3 Å². The highest BCUT2D eigenvalue weighted by Crippen LogP contribution is 2.19. The maximum Gasteiger partial charge on any atom is 0.285 e. The highest BCUT2D eigenvalue weighted by Gasteiger charge is 2.30. The van der Waals surface area contributed by atoms with Gasteiger partial charge in [0.05, 0.1) is 18.8 Å². The lowest BCUT2D eigenvalue weighted by Crippen LogP contribution is -2.50. The summed E-state index contributed by atoms with van der Waals surface area (Å²) in [5, 5.41) is 16.6. The summed E-state index contributed by atoms with van der Waals surface area (Å²) >= 11 is 6.69. The average Bonchev–Trinajstić information content (AvgIpc) is 2.74. The Balaban J connectivity index is 2.08. The zero-order valence-electron chi connectivity index (χ0n) is 9.17. The summed E-state index contributed by atoms with van der Waals surface area (Å²) in [7, 11) is 0. The fourth-order valence-corrected chi connectivity index (χ4v) is 2.54. The molecule has 0 aliphatic carbocycles. The molecule has 1 fully saturated rings. The number of rotatable bonds is 2. The highest BCUT2D eigenvalue weighted by atomic mass is 35.5. The van der Waals surface area contributed by atoms with Crippen molar-refractivity contribution in [1.29, 1.82) is 0 Å². The lowest BCUT2D eigenvalue weighted by atomic mass is 10.2. The zero-order chi connectivity index (χ0) is 12.4. The number of aromatic nitrogens is 2. The smallest absolute Gasteiger partial charge is 0.285 e. The van der Waals surface area contributed by atoms with Gasteiger partial charge in [0.25, 0.3) is 5.91 Å². The molecule has 0 radical (unpaired) electrons. The van der Waals surface area contributed by atoms with Crippen LogP contribution >= 0.6 is 22.9 Å². The van der Waals surface area contributed by atoms with Crippen LogP contribution in [-0.2, 0) is 4.74 Å². The Morgan fingerprint density at radius 2 is 2.41 bits per heavy atom. The van der Waals surface area contributed by atoms with Crippen LogP contribution in [0.3, 0.4) is 0 Å². The third kappa shape index (κ3) is 2.92. The summed E-state index contributed by atoms with van der Waals surface area (Å²) < 4.78 is 5.70. The summed E-state index contributed by atoms with van der Waals surface area (Å²) in [4.78, 5) is 13.7. The highest BCUT2D eigenvalue weighted by molar-refractivity contribution is 7.17. The summed E-state index contributed by atoms with van der Waals surface area (Å²) in [6.07, 6.45) is -0.445. The molecule has 0 spiro atoms. The molecule has 0 bridgehead atoms. The van der Waals surface area contributed by atoms with E-state index in [0.29, 0.717) is 13.1 Å². The molecular weight excluding hydrogens is 266 g/mol. The number of carbonyl (C=O) groups excluding carboxylic acids is 1. The van der Waals surface area contributed by atoms with Crippen molar-refractivity contribution in [3.63, 3.8) is 0 Å². The van der Waals surface area contributed by atoms with Gasteiger partial charge in [-0.15, -0.1) is 10.2 Å². The van der Waals surface area contributed by atoms with Gasteiger partial charge in [-0.25, -0.2) is 0 Å². The van der Waals surface area contributed by atoms with Gasteiger partial charge in [-0.05, 0) is 18.5 Å². The Bertz CT molecular complexity index is 414. The van der Waals surface area contributed by atoms with E-state index < -0.39 is 0 Å². The first-order chi connectivity index (χ1) is 8.10. The number of ether oxygens (including phenoxy) is 1. The second-order valence-electron chi connectivity index (χ2n) is 3.82. The first-order valence-corrected chi connectivity index (χ1v) is 6.34. The van der Waals surface area contributed by atoms with Crippen LogP contribution in [0.2, 0.25) is 4.47 Å². The standard InChI is InChI=1S/C9H12ClN3O3S/c1-5-2-13(3-6(4-14)16-5)8(15)7-11-12-9(10)17-7/h5-6,14H,2-4H2,1H3. The van der Waals surface area contributed by atoms with E-state index in [4.69, 9.17) is 21.4 Å². The predicted octanol–water partition coefficient (Wildman–Crippen LogP) is 0.413. The molecule has 8 heteroatoms. The largest absolute Gasteiger partial charge is 0.394 e.